The molecule has 0 aliphatic heterocycles. The van der Waals surface area contributed by atoms with Gasteiger partial charge in [0.25, 0.3) is 0 Å². The van der Waals surface area contributed by atoms with Crippen molar-refractivity contribution in [1.29, 1.82) is 0 Å². The van der Waals surface area contributed by atoms with Crippen LogP contribution in [0.2, 0.25) is 12.1 Å². The Morgan fingerprint density at radius 2 is 0.790 bits per heavy atom. The second kappa shape index (κ2) is 17.3. The van der Waals surface area contributed by atoms with Crippen molar-refractivity contribution < 1.29 is 27.4 Å². The first kappa shape index (κ1) is 41.1. The van der Waals surface area contributed by atoms with Gasteiger partial charge in [-0.2, -0.15) is 0 Å². The molecule has 0 N–H and O–H groups in total. The van der Waals surface area contributed by atoms with Gasteiger partial charge >= 0.3 is 384 Å². The van der Waals surface area contributed by atoms with Gasteiger partial charge in [-0.25, -0.2) is 0 Å². The van der Waals surface area contributed by atoms with Gasteiger partial charge in [0.15, 0.2) is 0 Å². The Kier molecular flexibility index (Phi) is 11.5. The van der Waals surface area contributed by atoms with Crippen LogP contribution in [0.3, 0.4) is 0 Å². The van der Waals surface area contributed by atoms with Gasteiger partial charge in [-0.05, 0) is 0 Å². The number of fused-ring (bicyclic) bond motifs is 2. The molecule has 62 heavy (non-hydrogen) atoms. The van der Waals surface area contributed by atoms with Gasteiger partial charge in [0.2, 0.25) is 0 Å². The fourth-order valence-corrected chi connectivity index (χ4v) is 25.1. The van der Waals surface area contributed by atoms with Crippen molar-refractivity contribution in [2.24, 2.45) is 0 Å². The fraction of sp³-hybridized carbons (Fsp3) is 0.143. The first-order valence-corrected chi connectivity index (χ1v) is 34.3. The molecule has 2 aliphatic carbocycles. The van der Waals surface area contributed by atoms with Gasteiger partial charge in [-0.3, -0.25) is 0 Å². The molecule has 10 rings (SSSR count). The number of hydrogen-bond donors (Lipinski definition) is 0. The summed E-state index contributed by atoms with van der Waals surface area (Å²) in [7, 11) is 15.0. The molecule has 0 saturated heterocycles. The van der Waals surface area contributed by atoms with Crippen LogP contribution in [-0.4, -0.2) is 5.92 Å². The number of allylic oxidation sites excluding steroid dienone is 2. The van der Waals surface area contributed by atoms with Crippen molar-refractivity contribution in [2.45, 2.75) is 51.6 Å². The Balaban J connectivity index is 1.09. The maximum absolute atomic E-state index is 7.52. The third-order valence-electron chi connectivity index (χ3n) is 13.3. The fourth-order valence-electron chi connectivity index (χ4n) is 9.95. The van der Waals surface area contributed by atoms with E-state index in [4.69, 9.17) is 25.9 Å². The normalized spacial score (nSPS) is 15.8. The average Bonchev–Trinajstić information content (AvgIpc) is 4.12. The molecule has 0 saturated carbocycles. The Morgan fingerprint density at radius 3 is 1.15 bits per heavy atom. The summed E-state index contributed by atoms with van der Waals surface area (Å²) in [4.78, 5) is 0. The van der Waals surface area contributed by atoms with E-state index in [1.165, 1.54) is 77.9 Å². The van der Waals surface area contributed by atoms with Crippen molar-refractivity contribution in [3.05, 3.63) is 214 Å². The molecule has 8 aromatic rings. The van der Waals surface area contributed by atoms with E-state index in [0.29, 0.717) is 0 Å². The zero-order chi connectivity index (χ0) is 42.5. The van der Waals surface area contributed by atoms with E-state index in [1.54, 1.807) is 0 Å². The average molecular weight is 942 g/mol. The van der Waals surface area contributed by atoms with Crippen molar-refractivity contribution in [3.63, 3.8) is 0 Å². The topological polar surface area (TPSA) is 26.3 Å². The van der Waals surface area contributed by atoms with Crippen LogP contribution in [0.5, 0.6) is 0 Å². The SMILES string of the molecule is Cc1cc2c(c(-c3ccccc3)c1C)C=C(c1ccc(-c3ccccc3)o1)C2C[SiH](CC1C(c2ccc(-c3ccccc3)o2)=Cc2c1cc(C)c(C)c2-c1ccccc1)[Zr]([Cl])[Cl]. The summed E-state index contributed by atoms with van der Waals surface area (Å²) in [5, 5.41) is 0. The van der Waals surface area contributed by atoms with Crippen LogP contribution in [0.1, 0.15) is 67.9 Å². The van der Waals surface area contributed by atoms with Gasteiger partial charge in [0.1, 0.15) is 0 Å². The van der Waals surface area contributed by atoms with E-state index in [-0.39, 0.29) is 11.8 Å². The standard InChI is InChI=1S/C56H47O2Si.2ClH.Zr/c1-35-29-43-47(55(37(35)3)41-21-13-7-14-22-41)31-45(53-27-25-51(57-53)39-17-9-5-10-18-39)49(43)33-59-34-50-44-30-36(2)38(4)56(42-23-15-8-16-24-42)48(44)32-46(50)54-28-26-52(58-54)40-19-11-6-12-20-40;;;/h5-32,49-50,59H,33-34H2,1-4H3;2*1H;/q;;;+2/p-2. The molecule has 0 amide bonds. The number of furan rings is 2. The van der Waals surface area contributed by atoms with E-state index < -0.39 is 24.4 Å². The van der Waals surface area contributed by atoms with Crippen LogP contribution < -0.4 is 0 Å². The molecule has 2 aliphatic rings. The molecular weight excluding hydrogens is 895 g/mol. The Morgan fingerprint density at radius 1 is 0.452 bits per heavy atom. The van der Waals surface area contributed by atoms with Crippen molar-refractivity contribution in [1.82, 2.24) is 0 Å². The van der Waals surface area contributed by atoms with E-state index in [9.17, 15) is 0 Å². The molecule has 6 aromatic carbocycles. The Hall–Kier alpha value is -4.96. The summed E-state index contributed by atoms with van der Waals surface area (Å²) < 4.78 is 13.6. The Bertz CT molecular complexity index is 2780. The van der Waals surface area contributed by atoms with E-state index in [1.807, 2.05) is 12.1 Å². The molecule has 2 heterocycles. The van der Waals surface area contributed by atoms with Crippen LogP contribution >= 0.6 is 17.0 Å². The van der Waals surface area contributed by atoms with Gasteiger partial charge in [-0.1, -0.05) is 0 Å². The number of aryl methyl sites for hydroxylation is 2. The Labute approximate surface area is 380 Å². The van der Waals surface area contributed by atoms with Crippen molar-refractivity contribution >= 4 is 46.2 Å². The number of halogens is 2. The van der Waals surface area contributed by atoms with Crippen LogP contribution in [0.4, 0.5) is 0 Å². The van der Waals surface area contributed by atoms with Crippen LogP contribution in [0.25, 0.3) is 68.2 Å². The van der Waals surface area contributed by atoms with E-state index >= 15 is 0 Å². The van der Waals surface area contributed by atoms with E-state index in [2.05, 4.69) is 185 Å². The summed E-state index contributed by atoms with van der Waals surface area (Å²) >= 11 is -2.88. The van der Waals surface area contributed by atoms with Crippen molar-refractivity contribution in [3.8, 4) is 44.9 Å². The number of hydrogen-bond acceptors (Lipinski definition) is 2. The van der Waals surface area contributed by atoms with E-state index in [0.717, 1.165) is 46.3 Å². The maximum atomic E-state index is 7.52. The third-order valence-corrected chi connectivity index (χ3v) is 35.0. The molecule has 6 heteroatoms. The molecule has 2 unspecified atom stereocenters. The quantitative estimate of drug-likeness (QED) is 0.121. The van der Waals surface area contributed by atoms with Crippen LogP contribution in [0, 0.1) is 27.7 Å². The molecule has 2 atom stereocenters. The summed E-state index contributed by atoms with van der Waals surface area (Å²) in [5.74, 6) is 1.95. The predicted octanol–water partition coefficient (Wildman–Crippen LogP) is 16.4. The first-order valence-electron chi connectivity index (χ1n) is 21.5. The van der Waals surface area contributed by atoms with Crippen LogP contribution in [0.15, 0.2) is 167 Å². The molecule has 0 radical (unpaired) electrons. The van der Waals surface area contributed by atoms with Gasteiger partial charge in [0, 0.05) is 0 Å². The summed E-state index contributed by atoms with van der Waals surface area (Å²) in [5.41, 5.74) is 20.1. The first-order chi connectivity index (χ1) is 30.2. The van der Waals surface area contributed by atoms with Crippen molar-refractivity contribution in [2.75, 3.05) is 0 Å². The summed E-state index contributed by atoms with van der Waals surface area (Å²) in [6.07, 6.45) is 4.84. The summed E-state index contributed by atoms with van der Waals surface area (Å²) in [6.45, 7) is 9.03. The third kappa shape index (κ3) is 7.64. The van der Waals surface area contributed by atoms with Gasteiger partial charge < -0.3 is 0 Å². The summed E-state index contributed by atoms with van der Waals surface area (Å²) in [6, 6.07) is 57.8. The minimum absolute atomic E-state index is 0.104. The number of rotatable bonds is 11. The molecule has 305 valence electrons. The zero-order valence-electron chi connectivity index (χ0n) is 35.4. The van der Waals surface area contributed by atoms with Gasteiger partial charge in [-0.15, -0.1) is 0 Å². The molecule has 0 fully saturated rings. The van der Waals surface area contributed by atoms with Crippen LogP contribution in [-0.2, 0) is 18.5 Å². The zero-order valence-corrected chi connectivity index (χ0v) is 40.5. The monoisotopic (exact) mass is 939 g/mol. The molecule has 0 bridgehead atoms. The second-order valence-electron chi connectivity index (χ2n) is 16.9. The molecule has 2 nitrogen and oxygen atoms in total. The minimum atomic E-state index is -2.88. The second-order valence-corrected chi connectivity index (χ2v) is 40.4. The number of benzene rings is 6. The van der Waals surface area contributed by atoms with Gasteiger partial charge in [0.05, 0.1) is 0 Å². The molecule has 0 spiro atoms. The predicted molar refractivity (Wildman–Crippen MR) is 261 cm³/mol. The molecule has 2 aromatic heterocycles. The molecular formula is C56H47Cl2O2SiZr.